The average Bonchev–Trinajstić information content (AvgIpc) is 3.89. The molecule has 0 aliphatic carbocycles. The first-order valence-corrected chi connectivity index (χ1v) is 24.2. The van der Waals surface area contributed by atoms with Crippen molar-refractivity contribution in [2.75, 3.05) is 48.3 Å². The number of carbonyl (C=O) groups is 6. The van der Waals surface area contributed by atoms with Gasteiger partial charge in [-0.2, -0.15) is 0 Å². The summed E-state index contributed by atoms with van der Waals surface area (Å²) in [6, 6.07) is 25.5. The molecule has 4 aliphatic rings. The summed E-state index contributed by atoms with van der Waals surface area (Å²) in [5, 5.41) is 11.7. The smallest absolute Gasteiger partial charge is 0.305 e. The first-order valence-electron chi connectivity index (χ1n) is 24.2. The second-order valence-electron chi connectivity index (χ2n) is 18.4. The fourth-order valence-corrected chi connectivity index (χ4v) is 9.62. The lowest BCUT2D eigenvalue weighted by Gasteiger charge is -2.22. The molecule has 0 saturated heterocycles. The Morgan fingerprint density at radius 3 is 1.97 bits per heavy atom. The lowest BCUT2D eigenvalue weighted by molar-refractivity contribution is -0.140. The number of fused-ring (bicyclic) bond motifs is 8. The maximum atomic E-state index is 14.1. The van der Waals surface area contributed by atoms with E-state index < -0.39 is 23.9 Å². The maximum Gasteiger partial charge on any atom is 0.305 e. The van der Waals surface area contributed by atoms with Crippen molar-refractivity contribution in [3.8, 4) is 23.0 Å². The highest BCUT2D eigenvalue weighted by Crippen LogP contribution is 2.43. The number of esters is 1. The van der Waals surface area contributed by atoms with Gasteiger partial charge >= 0.3 is 5.97 Å². The van der Waals surface area contributed by atoms with Gasteiger partial charge in [-0.05, 0) is 97.8 Å². The fourth-order valence-electron chi connectivity index (χ4n) is 9.62. The van der Waals surface area contributed by atoms with Crippen molar-refractivity contribution in [3.05, 3.63) is 124 Å². The van der Waals surface area contributed by atoms with E-state index in [1.54, 1.807) is 47.5 Å². The Balaban J connectivity index is 0.931. The highest BCUT2D eigenvalue weighted by atomic mass is 16.5. The number of ether oxygens (including phenoxy) is 5. The van der Waals surface area contributed by atoms with E-state index in [0.29, 0.717) is 88.1 Å². The standard InChI is InChI=1S/C55H57N7O11/c1-31(58-50(63)16-10-11-17-51(64)71-5)52(65)59-32(2)53(66)60-37-19-33(29-72-48-25-42-40(23-46(48)69-3)54(67)61-38(27-56-42)21-35-12-6-8-14-44(35)61)18-34(20-37)30-73-49-26-43-41(24-47(49)70-4)55(68)62-39(28-57-43)22-36-13-7-9-15-45(36)62/h6-9,12-15,18-20,23-27,31-32,38-39,57H,10-11,16-17,21-22,28-30H2,1-5H3,(H,58,63)(H,59,65)(H,60,66)/t31-,32-,38-,39-/m0/s1. The molecule has 0 radical (unpaired) electrons. The zero-order valence-electron chi connectivity index (χ0n) is 41.2. The van der Waals surface area contributed by atoms with E-state index in [1.807, 2.05) is 59.5 Å². The molecule has 0 spiro atoms. The number of rotatable bonds is 18. The van der Waals surface area contributed by atoms with Gasteiger partial charge in [0.1, 0.15) is 25.3 Å². The number of hydrogen-bond donors (Lipinski definition) is 4. The van der Waals surface area contributed by atoms with E-state index in [-0.39, 0.29) is 61.8 Å². The minimum atomic E-state index is -1.02. The van der Waals surface area contributed by atoms with Crippen LogP contribution in [0.15, 0.2) is 96.0 Å². The van der Waals surface area contributed by atoms with Crippen LogP contribution in [0.25, 0.3) is 0 Å². The van der Waals surface area contributed by atoms with Crippen molar-refractivity contribution in [1.82, 2.24) is 10.6 Å². The van der Waals surface area contributed by atoms with Gasteiger partial charge in [0.25, 0.3) is 11.8 Å². The van der Waals surface area contributed by atoms with Crippen LogP contribution in [0, 0.1) is 0 Å². The van der Waals surface area contributed by atoms with Crippen LogP contribution in [0.1, 0.15) is 82.5 Å². The molecule has 18 nitrogen and oxygen atoms in total. The van der Waals surface area contributed by atoms with Crippen LogP contribution in [-0.2, 0) is 50.0 Å². The number of anilines is 4. The van der Waals surface area contributed by atoms with Crippen molar-refractivity contribution >= 4 is 70.2 Å². The molecule has 4 atom stereocenters. The molecule has 378 valence electrons. The number of aliphatic imine (C=N–C) groups is 1. The molecule has 0 unspecified atom stereocenters. The zero-order chi connectivity index (χ0) is 51.3. The highest BCUT2D eigenvalue weighted by molar-refractivity contribution is 6.15. The first-order chi connectivity index (χ1) is 35.3. The number of unbranched alkanes of at least 4 members (excludes halogenated alkanes) is 1. The molecule has 18 heteroatoms. The van der Waals surface area contributed by atoms with E-state index in [1.165, 1.54) is 35.2 Å². The molecule has 4 heterocycles. The topological polar surface area (TPSA) is 216 Å². The Morgan fingerprint density at radius 2 is 1.29 bits per heavy atom. The second-order valence-corrected chi connectivity index (χ2v) is 18.4. The summed E-state index contributed by atoms with van der Waals surface area (Å²) < 4.78 is 29.0. The van der Waals surface area contributed by atoms with Crippen LogP contribution in [0.2, 0.25) is 0 Å². The monoisotopic (exact) mass is 991 g/mol. The molecule has 5 aromatic rings. The molecule has 5 aromatic carbocycles. The van der Waals surface area contributed by atoms with Crippen LogP contribution in [-0.4, -0.2) is 93.8 Å². The van der Waals surface area contributed by atoms with Gasteiger partial charge in [0.2, 0.25) is 17.7 Å². The lowest BCUT2D eigenvalue weighted by Crippen LogP contribution is -2.50. The number of nitrogens with zero attached hydrogens (tertiary/aromatic N) is 3. The third-order valence-electron chi connectivity index (χ3n) is 13.4. The van der Waals surface area contributed by atoms with Gasteiger partial charge in [0.05, 0.1) is 55.9 Å². The van der Waals surface area contributed by atoms with Gasteiger partial charge in [-0.1, -0.05) is 36.4 Å². The number of hydrogen-bond acceptors (Lipinski definition) is 13. The summed E-state index contributed by atoms with van der Waals surface area (Å²) in [5.74, 6) is -0.790. The molecule has 0 aromatic heterocycles. The second kappa shape index (κ2) is 21.5. The molecule has 4 N–H and O–H groups in total. The SMILES string of the molecule is COC(=O)CCCCC(=O)N[C@@H](C)C(=O)N[C@@H](C)C(=O)Nc1cc(COc2cc3c(cc2OC)C(=O)N2c4ccccc4C[C@H]2C=N3)cc(COc2cc3c(cc2OC)C(=O)N2c4ccccc4C[C@H]2CN3)c1. The summed E-state index contributed by atoms with van der Waals surface area (Å²) in [7, 11) is 4.30. The summed E-state index contributed by atoms with van der Waals surface area (Å²) in [6.45, 7) is 3.55. The van der Waals surface area contributed by atoms with E-state index in [2.05, 4.69) is 26.0 Å². The van der Waals surface area contributed by atoms with Gasteiger partial charge < -0.3 is 49.9 Å². The molecular formula is C55H57N7O11. The largest absolute Gasteiger partial charge is 0.493 e. The Morgan fingerprint density at radius 1 is 0.685 bits per heavy atom. The predicted octanol–water partition coefficient (Wildman–Crippen LogP) is 6.83. The van der Waals surface area contributed by atoms with E-state index in [0.717, 1.165) is 28.9 Å². The maximum absolute atomic E-state index is 14.1. The van der Waals surface area contributed by atoms with Crippen molar-refractivity contribution in [2.24, 2.45) is 4.99 Å². The zero-order valence-corrected chi connectivity index (χ0v) is 41.2. The van der Waals surface area contributed by atoms with Gasteiger partial charge in [-0.15, -0.1) is 0 Å². The molecule has 5 amide bonds. The van der Waals surface area contributed by atoms with E-state index in [4.69, 9.17) is 23.9 Å². The summed E-state index contributed by atoms with van der Waals surface area (Å²) in [4.78, 5) is 87.3. The lowest BCUT2D eigenvalue weighted by atomic mass is 10.1. The van der Waals surface area contributed by atoms with E-state index >= 15 is 0 Å². The van der Waals surface area contributed by atoms with Crippen molar-refractivity contribution in [1.29, 1.82) is 0 Å². The minimum Gasteiger partial charge on any atom is -0.493 e. The number of para-hydroxylation sites is 2. The number of nitrogens with one attached hydrogen (secondary N) is 4. The van der Waals surface area contributed by atoms with Gasteiger partial charge in [0.15, 0.2) is 23.0 Å². The third-order valence-corrected chi connectivity index (χ3v) is 13.4. The average molecular weight is 992 g/mol. The number of benzene rings is 5. The van der Waals surface area contributed by atoms with E-state index in [9.17, 15) is 28.8 Å². The number of methoxy groups -OCH3 is 3. The van der Waals surface area contributed by atoms with Crippen LogP contribution in [0.4, 0.5) is 28.4 Å². The Hall–Kier alpha value is -8.41. The Kier molecular flexibility index (Phi) is 14.6. The van der Waals surface area contributed by atoms with Gasteiger partial charge in [-0.25, -0.2) is 0 Å². The molecule has 9 rings (SSSR count). The van der Waals surface area contributed by atoms with Crippen LogP contribution < -0.4 is 50.0 Å². The van der Waals surface area contributed by atoms with Crippen molar-refractivity contribution in [3.63, 3.8) is 0 Å². The third kappa shape index (κ3) is 10.6. The normalized spacial score (nSPS) is 16.6. The Labute approximate surface area is 422 Å². The minimum absolute atomic E-state index is 0.00604. The Bertz CT molecular complexity index is 3030. The predicted molar refractivity (Wildman–Crippen MR) is 274 cm³/mol. The quantitative estimate of drug-likeness (QED) is 0.0525. The fraction of sp³-hybridized carbons (Fsp3) is 0.327. The molecule has 4 aliphatic heterocycles. The molecular weight excluding hydrogens is 935 g/mol. The molecule has 0 fully saturated rings. The molecule has 0 saturated carbocycles. The van der Waals surface area contributed by atoms with Crippen molar-refractivity contribution in [2.45, 2.75) is 89.8 Å². The van der Waals surface area contributed by atoms with Gasteiger partial charge in [0, 0.05) is 61.2 Å². The summed E-state index contributed by atoms with van der Waals surface area (Å²) in [5.41, 5.74) is 7.39. The van der Waals surface area contributed by atoms with Gasteiger partial charge in [-0.3, -0.25) is 38.7 Å². The summed E-state index contributed by atoms with van der Waals surface area (Å²) >= 11 is 0. The van der Waals surface area contributed by atoms with Crippen molar-refractivity contribution < 1.29 is 52.5 Å². The molecule has 73 heavy (non-hydrogen) atoms. The van der Waals surface area contributed by atoms with Crippen LogP contribution in [0.3, 0.4) is 0 Å². The highest BCUT2D eigenvalue weighted by Gasteiger charge is 2.39. The summed E-state index contributed by atoms with van der Waals surface area (Å²) in [6.07, 6.45) is 4.36. The molecule has 0 bridgehead atoms. The van der Waals surface area contributed by atoms with Crippen LogP contribution in [0.5, 0.6) is 23.0 Å². The first kappa shape index (κ1) is 49.6. The van der Waals surface area contributed by atoms with Crippen LogP contribution >= 0.6 is 0 Å². The number of carbonyl (C=O) groups excluding carboxylic acids is 6. The number of amides is 5.